The van der Waals surface area contributed by atoms with Gasteiger partial charge < -0.3 is 9.31 Å². The van der Waals surface area contributed by atoms with Gasteiger partial charge in [-0.2, -0.15) is 0 Å². The first kappa shape index (κ1) is 19.2. The second-order valence-electron chi connectivity index (χ2n) is 5.92. The molecule has 0 amide bonds. The van der Waals surface area contributed by atoms with E-state index in [9.17, 15) is 0 Å². The predicted octanol–water partition coefficient (Wildman–Crippen LogP) is 5.54. The van der Waals surface area contributed by atoms with Gasteiger partial charge in [-0.25, -0.2) is 0 Å². The van der Waals surface area contributed by atoms with Gasteiger partial charge in [-0.15, -0.1) is 0 Å². The third-order valence-electron chi connectivity index (χ3n) is 3.95. The molecule has 4 heteroatoms. The SMILES string of the molecule is CCCCOBOCCCCc1ccc(-c2ccccc2Br)cc1. The van der Waals surface area contributed by atoms with Crippen molar-refractivity contribution in [2.24, 2.45) is 0 Å². The lowest BCUT2D eigenvalue weighted by Gasteiger charge is -2.07. The maximum atomic E-state index is 5.48. The molecule has 0 heterocycles. The van der Waals surface area contributed by atoms with Crippen LogP contribution in [0.2, 0.25) is 0 Å². The van der Waals surface area contributed by atoms with E-state index in [1.54, 1.807) is 0 Å². The molecule has 2 aromatic carbocycles. The van der Waals surface area contributed by atoms with E-state index >= 15 is 0 Å². The molecule has 0 fully saturated rings. The van der Waals surface area contributed by atoms with Crippen LogP contribution in [0.15, 0.2) is 53.0 Å². The molecule has 0 atom stereocenters. The highest BCUT2D eigenvalue weighted by Crippen LogP contribution is 2.28. The van der Waals surface area contributed by atoms with Crippen LogP contribution in [-0.4, -0.2) is 20.9 Å². The second kappa shape index (κ2) is 11.5. The van der Waals surface area contributed by atoms with Gasteiger partial charge in [-0.1, -0.05) is 71.7 Å². The lowest BCUT2D eigenvalue weighted by atomic mass is 10.0. The van der Waals surface area contributed by atoms with Crippen LogP contribution in [0.4, 0.5) is 0 Å². The Kier molecular flexibility index (Phi) is 9.18. The van der Waals surface area contributed by atoms with Gasteiger partial charge in [0.1, 0.15) is 0 Å². The fraction of sp³-hybridized carbons (Fsp3) is 0.400. The molecule has 0 saturated heterocycles. The number of unbranched alkanes of at least 4 members (excludes halogenated alkanes) is 2. The molecule has 2 nitrogen and oxygen atoms in total. The molecule has 24 heavy (non-hydrogen) atoms. The molecule has 0 aliphatic rings. The van der Waals surface area contributed by atoms with Gasteiger partial charge in [0, 0.05) is 17.7 Å². The highest BCUT2D eigenvalue weighted by Gasteiger charge is 2.02. The molecule has 2 rings (SSSR count). The van der Waals surface area contributed by atoms with Crippen LogP contribution in [0, 0.1) is 0 Å². The van der Waals surface area contributed by atoms with E-state index < -0.39 is 0 Å². The Balaban J connectivity index is 1.65. The van der Waals surface area contributed by atoms with Crippen molar-refractivity contribution in [1.29, 1.82) is 0 Å². The lowest BCUT2D eigenvalue weighted by molar-refractivity contribution is 0.215. The van der Waals surface area contributed by atoms with Crippen molar-refractivity contribution in [2.75, 3.05) is 13.2 Å². The molecule has 0 N–H and O–H groups in total. The van der Waals surface area contributed by atoms with Crippen molar-refractivity contribution in [3.8, 4) is 11.1 Å². The Morgan fingerprint density at radius 3 is 2.29 bits per heavy atom. The lowest BCUT2D eigenvalue weighted by Crippen LogP contribution is -2.07. The van der Waals surface area contributed by atoms with E-state index in [0.29, 0.717) is 7.69 Å². The summed E-state index contributed by atoms with van der Waals surface area (Å²) in [6.45, 7) is 3.75. The van der Waals surface area contributed by atoms with E-state index in [1.807, 2.05) is 6.07 Å². The summed E-state index contributed by atoms with van der Waals surface area (Å²) in [6.07, 6.45) is 5.58. The van der Waals surface area contributed by atoms with Gasteiger partial charge in [0.05, 0.1) is 0 Å². The number of hydrogen-bond acceptors (Lipinski definition) is 2. The van der Waals surface area contributed by atoms with Gasteiger partial charge in [-0.05, 0) is 48.4 Å². The van der Waals surface area contributed by atoms with Crippen molar-refractivity contribution in [1.82, 2.24) is 0 Å². The Morgan fingerprint density at radius 2 is 1.58 bits per heavy atom. The van der Waals surface area contributed by atoms with E-state index in [4.69, 9.17) is 9.31 Å². The van der Waals surface area contributed by atoms with E-state index in [1.165, 1.54) is 23.1 Å². The van der Waals surface area contributed by atoms with Crippen LogP contribution in [0.5, 0.6) is 0 Å². The van der Waals surface area contributed by atoms with E-state index in [-0.39, 0.29) is 0 Å². The van der Waals surface area contributed by atoms with Crippen LogP contribution in [0.3, 0.4) is 0 Å². The van der Waals surface area contributed by atoms with Gasteiger partial charge >= 0.3 is 7.69 Å². The molecular formula is C20H26BBrO2. The normalized spacial score (nSPS) is 10.8. The van der Waals surface area contributed by atoms with Gasteiger partial charge in [0.15, 0.2) is 0 Å². The van der Waals surface area contributed by atoms with Crippen LogP contribution < -0.4 is 0 Å². The Bertz CT molecular complexity index is 586. The molecular weight excluding hydrogens is 363 g/mol. The zero-order chi connectivity index (χ0) is 17.0. The third kappa shape index (κ3) is 6.80. The quantitative estimate of drug-likeness (QED) is 0.371. The van der Waals surface area contributed by atoms with Gasteiger partial charge in [0.25, 0.3) is 0 Å². The topological polar surface area (TPSA) is 18.5 Å². The Morgan fingerprint density at radius 1 is 0.875 bits per heavy atom. The zero-order valence-electron chi connectivity index (χ0n) is 14.5. The fourth-order valence-electron chi connectivity index (χ4n) is 2.50. The van der Waals surface area contributed by atoms with Crippen LogP contribution >= 0.6 is 15.9 Å². The molecule has 0 spiro atoms. The fourth-order valence-corrected chi connectivity index (χ4v) is 3.02. The van der Waals surface area contributed by atoms with E-state index in [0.717, 1.165) is 43.4 Å². The first-order valence-corrected chi connectivity index (χ1v) is 9.60. The molecule has 0 aliphatic carbocycles. The minimum Gasteiger partial charge on any atom is -0.414 e. The smallest absolute Gasteiger partial charge is 0.414 e. The summed E-state index contributed by atoms with van der Waals surface area (Å²) in [4.78, 5) is 0. The highest BCUT2D eigenvalue weighted by molar-refractivity contribution is 9.10. The van der Waals surface area contributed by atoms with E-state index in [2.05, 4.69) is 65.3 Å². The maximum absolute atomic E-state index is 5.48. The predicted molar refractivity (Wildman–Crippen MR) is 106 cm³/mol. The molecule has 0 aromatic heterocycles. The summed E-state index contributed by atoms with van der Waals surface area (Å²) in [5.74, 6) is 0. The molecule has 128 valence electrons. The van der Waals surface area contributed by atoms with Crippen molar-refractivity contribution in [2.45, 2.75) is 39.0 Å². The largest absolute Gasteiger partial charge is 0.438 e. The first-order valence-electron chi connectivity index (χ1n) is 8.80. The number of halogens is 1. The standard InChI is InChI=1S/C20H26BBrO2/c1-2-3-15-23-21-24-16-7-6-8-17-11-13-18(14-12-17)19-9-4-5-10-20(19)22/h4-5,9-14,21H,2-3,6-8,15-16H2,1H3. The summed E-state index contributed by atoms with van der Waals surface area (Å²) in [7, 11) is 0.431. The van der Waals surface area contributed by atoms with Crippen molar-refractivity contribution < 1.29 is 9.31 Å². The second-order valence-corrected chi connectivity index (χ2v) is 6.78. The molecule has 0 bridgehead atoms. The number of rotatable bonds is 11. The van der Waals surface area contributed by atoms with Crippen molar-refractivity contribution >= 4 is 23.6 Å². The molecule has 2 aromatic rings. The molecule has 0 radical (unpaired) electrons. The Hall–Kier alpha value is -1.10. The van der Waals surface area contributed by atoms with Crippen molar-refractivity contribution in [3.05, 3.63) is 58.6 Å². The van der Waals surface area contributed by atoms with Crippen molar-refractivity contribution in [3.63, 3.8) is 0 Å². The zero-order valence-corrected chi connectivity index (χ0v) is 16.1. The number of benzene rings is 2. The summed E-state index contributed by atoms with van der Waals surface area (Å²) in [5.41, 5.74) is 3.87. The van der Waals surface area contributed by atoms with Gasteiger partial charge in [0.2, 0.25) is 0 Å². The van der Waals surface area contributed by atoms with Crippen LogP contribution in [0.1, 0.15) is 38.2 Å². The average molecular weight is 389 g/mol. The van der Waals surface area contributed by atoms with Crippen LogP contribution in [0.25, 0.3) is 11.1 Å². The monoisotopic (exact) mass is 388 g/mol. The number of aryl methyl sites for hydroxylation is 1. The van der Waals surface area contributed by atoms with Crippen LogP contribution in [-0.2, 0) is 15.7 Å². The first-order chi connectivity index (χ1) is 11.8. The Labute approximate surface area is 155 Å². The molecule has 0 unspecified atom stereocenters. The third-order valence-corrected chi connectivity index (χ3v) is 4.64. The van der Waals surface area contributed by atoms with Gasteiger partial charge in [-0.3, -0.25) is 0 Å². The summed E-state index contributed by atoms with van der Waals surface area (Å²) in [6, 6.07) is 17.2. The molecule has 0 saturated carbocycles. The maximum Gasteiger partial charge on any atom is 0.438 e. The minimum absolute atomic E-state index is 0.431. The summed E-state index contributed by atoms with van der Waals surface area (Å²) >= 11 is 3.61. The minimum atomic E-state index is 0.431. The molecule has 0 aliphatic heterocycles. The highest BCUT2D eigenvalue weighted by atomic mass is 79.9. The number of hydrogen-bond donors (Lipinski definition) is 0. The summed E-state index contributed by atoms with van der Waals surface area (Å²) in [5, 5.41) is 0. The average Bonchev–Trinajstić information content (AvgIpc) is 2.61. The summed E-state index contributed by atoms with van der Waals surface area (Å²) < 4.78 is 12.0.